The molecule has 0 aromatic heterocycles. The number of nitrogens with zero attached hydrogens (tertiary/aromatic N) is 1. The molecule has 0 radical (unpaired) electrons. The number of carboxylic acids is 1. The first-order chi connectivity index (χ1) is 10.5. The first-order valence-corrected chi connectivity index (χ1v) is 7.39. The van der Waals surface area contributed by atoms with E-state index >= 15 is 0 Å². The largest absolute Gasteiger partial charge is 0.478 e. The Hall–Kier alpha value is -2.37. The lowest BCUT2D eigenvalue weighted by Gasteiger charge is -2.13. The summed E-state index contributed by atoms with van der Waals surface area (Å²) in [5, 5.41) is 11.8. The second-order valence-electron chi connectivity index (χ2n) is 5.38. The number of likely N-dealkylation sites (tertiary alicyclic amines) is 1. The first kappa shape index (κ1) is 16.0. The summed E-state index contributed by atoms with van der Waals surface area (Å²) in [4.78, 5) is 36.2. The summed E-state index contributed by atoms with van der Waals surface area (Å²) < 4.78 is 0. The van der Waals surface area contributed by atoms with Crippen molar-refractivity contribution < 1.29 is 19.5 Å². The fourth-order valence-corrected chi connectivity index (χ4v) is 2.59. The molecule has 0 saturated carbocycles. The van der Waals surface area contributed by atoms with Crippen molar-refractivity contribution in [1.82, 2.24) is 10.2 Å². The molecule has 1 aromatic rings. The van der Waals surface area contributed by atoms with E-state index in [-0.39, 0.29) is 29.7 Å². The predicted molar refractivity (Wildman–Crippen MR) is 80.5 cm³/mol. The van der Waals surface area contributed by atoms with Crippen molar-refractivity contribution in [3.05, 3.63) is 35.4 Å². The number of amides is 2. The Morgan fingerprint density at radius 1 is 1.41 bits per heavy atom. The van der Waals surface area contributed by atoms with Gasteiger partial charge in [0.2, 0.25) is 11.8 Å². The minimum absolute atomic E-state index is 0.0248. The molecule has 0 bridgehead atoms. The third-order valence-electron chi connectivity index (χ3n) is 3.85. The number of benzene rings is 1. The van der Waals surface area contributed by atoms with Crippen LogP contribution < -0.4 is 5.32 Å². The Morgan fingerprint density at radius 2 is 2.18 bits per heavy atom. The SMILES string of the molecule is CCN1CC(C(=O)NCCc2cccc(C(=O)O)c2)CC1=O. The Morgan fingerprint density at radius 3 is 2.82 bits per heavy atom. The minimum atomic E-state index is -0.963. The summed E-state index contributed by atoms with van der Waals surface area (Å²) in [6.45, 7) is 3.44. The van der Waals surface area contributed by atoms with Gasteiger partial charge in [0.15, 0.2) is 0 Å². The highest BCUT2D eigenvalue weighted by Gasteiger charge is 2.32. The second-order valence-corrected chi connectivity index (χ2v) is 5.38. The molecule has 1 aliphatic rings. The van der Waals surface area contributed by atoms with Crippen molar-refractivity contribution in [3.63, 3.8) is 0 Å². The lowest BCUT2D eigenvalue weighted by molar-refractivity contribution is -0.128. The number of carbonyl (C=O) groups excluding carboxylic acids is 2. The van der Waals surface area contributed by atoms with Crippen LogP contribution in [0, 0.1) is 5.92 Å². The summed E-state index contributed by atoms with van der Waals surface area (Å²) in [6.07, 6.45) is 0.833. The molecule has 2 N–H and O–H groups in total. The van der Waals surface area contributed by atoms with Gasteiger partial charge in [0, 0.05) is 26.1 Å². The molecule has 6 heteroatoms. The van der Waals surface area contributed by atoms with Gasteiger partial charge >= 0.3 is 5.97 Å². The van der Waals surface area contributed by atoms with Gasteiger partial charge in [0.1, 0.15) is 0 Å². The molecule has 22 heavy (non-hydrogen) atoms. The molecule has 118 valence electrons. The van der Waals surface area contributed by atoms with E-state index in [1.807, 2.05) is 13.0 Å². The molecule has 2 amide bonds. The van der Waals surface area contributed by atoms with E-state index in [0.717, 1.165) is 5.56 Å². The molecule has 1 unspecified atom stereocenters. The number of hydrogen-bond acceptors (Lipinski definition) is 3. The van der Waals surface area contributed by atoms with Crippen LogP contribution in [0.25, 0.3) is 0 Å². The van der Waals surface area contributed by atoms with Gasteiger partial charge in [-0.25, -0.2) is 4.79 Å². The second kappa shape index (κ2) is 7.06. The van der Waals surface area contributed by atoms with Crippen molar-refractivity contribution >= 4 is 17.8 Å². The highest BCUT2D eigenvalue weighted by molar-refractivity contribution is 5.89. The van der Waals surface area contributed by atoms with Crippen LogP contribution in [0.3, 0.4) is 0 Å². The Labute approximate surface area is 129 Å². The summed E-state index contributed by atoms with van der Waals surface area (Å²) >= 11 is 0. The van der Waals surface area contributed by atoms with E-state index in [9.17, 15) is 14.4 Å². The van der Waals surface area contributed by atoms with Gasteiger partial charge in [-0.15, -0.1) is 0 Å². The Kier molecular flexibility index (Phi) is 5.14. The smallest absolute Gasteiger partial charge is 0.335 e. The number of aromatic carboxylic acids is 1. The van der Waals surface area contributed by atoms with E-state index in [1.165, 1.54) is 6.07 Å². The van der Waals surface area contributed by atoms with Crippen molar-refractivity contribution in [2.45, 2.75) is 19.8 Å². The molecule has 0 aliphatic carbocycles. The van der Waals surface area contributed by atoms with Crippen LogP contribution in [0.1, 0.15) is 29.3 Å². The van der Waals surface area contributed by atoms with Gasteiger partial charge in [-0.05, 0) is 31.0 Å². The fraction of sp³-hybridized carbons (Fsp3) is 0.438. The average molecular weight is 304 g/mol. The summed E-state index contributed by atoms with van der Waals surface area (Å²) in [6, 6.07) is 6.66. The van der Waals surface area contributed by atoms with Gasteiger partial charge < -0.3 is 15.3 Å². The van der Waals surface area contributed by atoms with E-state index < -0.39 is 5.97 Å². The van der Waals surface area contributed by atoms with Gasteiger partial charge in [-0.2, -0.15) is 0 Å². The Balaban J connectivity index is 1.81. The first-order valence-electron chi connectivity index (χ1n) is 7.39. The van der Waals surface area contributed by atoms with E-state index in [0.29, 0.717) is 26.1 Å². The molecule has 0 spiro atoms. The summed E-state index contributed by atoms with van der Waals surface area (Å²) in [7, 11) is 0. The number of nitrogens with one attached hydrogen (secondary N) is 1. The molecular formula is C16H20N2O4. The lowest BCUT2D eigenvalue weighted by atomic mass is 10.1. The predicted octanol–water partition coefficient (Wildman–Crippen LogP) is 0.912. The quantitative estimate of drug-likeness (QED) is 0.818. The number of hydrogen-bond donors (Lipinski definition) is 2. The highest BCUT2D eigenvalue weighted by Crippen LogP contribution is 2.17. The zero-order valence-corrected chi connectivity index (χ0v) is 12.5. The molecule has 1 aromatic carbocycles. The van der Waals surface area contributed by atoms with Gasteiger partial charge in [0.25, 0.3) is 0 Å². The van der Waals surface area contributed by atoms with E-state index in [1.54, 1.807) is 17.0 Å². The molecule has 1 saturated heterocycles. The van der Waals surface area contributed by atoms with Crippen LogP contribution in [0.5, 0.6) is 0 Å². The number of carbonyl (C=O) groups is 3. The topological polar surface area (TPSA) is 86.7 Å². The zero-order valence-electron chi connectivity index (χ0n) is 12.5. The van der Waals surface area contributed by atoms with Crippen LogP contribution in [0.4, 0.5) is 0 Å². The molecule has 1 heterocycles. The standard InChI is InChI=1S/C16H20N2O4/c1-2-18-10-13(9-14(18)19)15(20)17-7-6-11-4-3-5-12(8-11)16(21)22/h3-5,8,13H,2,6-7,9-10H2,1H3,(H,17,20)(H,21,22). The molecule has 1 fully saturated rings. The summed E-state index contributed by atoms with van der Waals surface area (Å²) in [5.74, 6) is -1.33. The van der Waals surface area contributed by atoms with E-state index in [4.69, 9.17) is 5.11 Å². The molecule has 2 rings (SSSR count). The number of rotatable bonds is 6. The summed E-state index contributed by atoms with van der Waals surface area (Å²) in [5.41, 5.74) is 1.10. The maximum atomic E-state index is 12.0. The van der Waals surface area contributed by atoms with Crippen molar-refractivity contribution in [2.24, 2.45) is 5.92 Å². The molecular weight excluding hydrogens is 284 g/mol. The molecule has 1 aliphatic heterocycles. The van der Waals surface area contributed by atoms with Gasteiger partial charge in [-0.1, -0.05) is 12.1 Å². The highest BCUT2D eigenvalue weighted by atomic mass is 16.4. The van der Waals surface area contributed by atoms with Gasteiger partial charge in [-0.3, -0.25) is 9.59 Å². The minimum Gasteiger partial charge on any atom is -0.478 e. The normalized spacial score (nSPS) is 17.6. The van der Waals surface area contributed by atoms with Crippen LogP contribution in [0.2, 0.25) is 0 Å². The number of carboxylic acid groups (broad SMARTS) is 1. The van der Waals surface area contributed by atoms with Crippen molar-refractivity contribution in [1.29, 1.82) is 0 Å². The monoisotopic (exact) mass is 304 g/mol. The maximum Gasteiger partial charge on any atom is 0.335 e. The molecule has 6 nitrogen and oxygen atoms in total. The fourth-order valence-electron chi connectivity index (χ4n) is 2.59. The maximum absolute atomic E-state index is 12.0. The van der Waals surface area contributed by atoms with Crippen LogP contribution in [0.15, 0.2) is 24.3 Å². The third-order valence-corrected chi connectivity index (χ3v) is 3.85. The van der Waals surface area contributed by atoms with Crippen LogP contribution >= 0.6 is 0 Å². The lowest BCUT2D eigenvalue weighted by Crippen LogP contribution is -2.34. The van der Waals surface area contributed by atoms with Crippen molar-refractivity contribution in [3.8, 4) is 0 Å². The van der Waals surface area contributed by atoms with Crippen LogP contribution in [-0.2, 0) is 16.0 Å². The van der Waals surface area contributed by atoms with Crippen LogP contribution in [-0.4, -0.2) is 47.4 Å². The third kappa shape index (κ3) is 3.84. The van der Waals surface area contributed by atoms with Crippen molar-refractivity contribution in [2.75, 3.05) is 19.6 Å². The molecule has 1 atom stereocenters. The zero-order chi connectivity index (χ0) is 16.1. The van der Waals surface area contributed by atoms with E-state index in [2.05, 4.69) is 5.32 Å². The Bertz CT molecular complexity index is 585. The van der Waals surface area contributed by atoms with Gasteiger partial charge in [0.05, 0.1) is 11.5 Å². The average Bonchev–Trinajstić information content (AvgIpc) is 2.88.